The molecule has 2 atom stereocenters. The second kappa shape index (κ2) is 66.3. The summed E-state index contributed by atoms with van der Waals surface area (Å²) in [4.78, 5) is 24.6. The van der Waals surface area contributed by atoms with Crippen molar-refractivity contribution in [2.24, 2.45) is 0 Å². The number of rotatable bonds is 64. The monoisotopic (exact) mass is 1080 g/mol. The highest BCUT2D eigenvalue weighted by molar-refractivity contribution is 5.76. The maximum atomic E-state index is 12.5. The fourth-order valence-electron chi connectivity index (χ4n) is 10.5. The van der Waals surface area contributed by atoms with Crippen molar-refractivity contribution in [2.45, 2.75) is 379 Å². The summed E-state index contributed by atoms with van der Waals surface area (Å²) in [6.45, 7) is 4.90. The van der Waals surface area contributed by atoms with Crippen molar-refractivity contribution in [1.82, 2.24) is 5.32 Å². The van der Waals surface area contributed by atoms with Gasteiger partial charge in [-0.3, -0.25) is 9.59 Å². The molecule has 0 bridgehead atoms. The third-order valence-corrected chi connectivity index (χ3v) is 15.8. The zero-order valence-electron chi connectivity index (χ0n) is 51.7. The van der Waals surface area contributed by atoms with Crippen LogP contribution >= 0.6 is 0 Å². The van der Waals surface area contributed by atoms with E-state index < -0.39 is 12.1 Å². The second-order valence-electron chi connectivity index (χ2n) is 23.5. The largest absolute Gasteiger partial charge is 0.466 e. The van der Waals surface area contributed by atoms with Gasteiger partial charge in [0.05, 0.1) is 25.4 Å². The molecule has 6 nitrogen and oxygen atoms in total. The van der Waals surface area contributed by atoms with Crippen LogP contribution in [0.4, 0.5) is 0 Å². The number of carbonyl (C=O) groups excluding carboxylic acids is 2. The molecule has 0 rings (SSSR count). The lowest BCUT2D eigenvalue weighted by Gasteiger charge is -2.20. The summed E-state index contributed by atoms with van der Waals surface area (Å²) in [5.41, 5.74) is 0. The van der Waals surface area contributed by atoms with Crippen LogP contribution in [0, 0.1) is 0 Å². The van der Waals surface area contributed by atoms with Gasteiger partial charge >= 0.3 is 5.97 Å². The van der Waals surface area contributed by atoms with E-state index >= 15 is 0 Å². The fourth-order valence-corrected chi connectivity index (χ4v) is 10.5. The van der Waals surface area contributed by atoms with E-state index in [-0.39, 0.29) is 18.5 Å². The van der Waals surface area contributed by atoms with E-state index in [1.807, 2.05) is 6.08 Å². The molecule has 6 heteroatoms. The molecule has 0 fully saturated rings. The molecule has 0 aromatic heterocycles. The van der Waals surface area contributed by atoms with Gasteiger partial charge in [0.15, 0.2) is 0 Å². The Bertz CT molecular complexity index is 1290. The number of nitrogens with one attached hydrogen (secondary N) is 1. The van der Waals surface area contributed by atoms with Gasteiger partial charge in [0.25, 0.3) is 0 Å². The molecular weight excluding hydrogens is 947 g/mol. The van der Waals surface area contributed by atoms with Gasteiger partial charge in [0.2, 0.25) is 5.91 Å². The first kappa shape index (κ1) is 74.8. The third-order valence-electron chi connectivity index (χ3n) is 15.8. The van der Waals surface area contributed by atoms with E-state index in [1.165, 1.54) is 289 Å². The topological polar surface area (TPSA) is 95.9 Å². The average molecular weight is 1080 g/mol. The van der Waals surface area contributed by atoms with Crippen molar-refractivity contribution < 1.29 is 24.5 Å². The summed E-state index contributed by atoms with van der Waals surface area (Å²) < 4.78 is 5.49. The first-order valence-corrected chi connectivity index (χ1v) is 34.4. The molecule has 0 aliphatic carbocycles. The van der Waals surface area contributed by atoms with E-state index in [1.54, 1.807) is 6.08 Å². The number of amides is 1. The van der Waals surface area contributed by atoms with Crippen LogP contribution in [0.25, 0.3) is 0 Å². The van der Waals surface area contributed by atoms with Gasteiger partial charge in [-0.1, -0.05) is 313 Å². The Balaban J connectivity index is 3.41. The molecule has 0 aliphatic heterocycles. The van der Waals surface area contributed by atoms with Crippen LogP contribution in [0.5, 0.6) is 0 Å². The number of ether oxygens (including phenoxy) is 1. The molecule has 0 saturated carbocycles. The number of allylic oxidation sites excluding steroid dienone is 7. The molecule has 0 heterocycles. The highest BCUT2D eigenvalue weighted by atomic mass is 16.5. The number of carbonyl (C=O) groups is 2. The van der Waals surface area contributed by atoms with Gasteiger partial charge in [-0.25, -0.2) is 0 Å². The van der Waals surface area contributed by atoms with Gasteiger partial charge in [0.1, 0.15) is 0 Å². The number of unbranched alkanes of at least 4 members (excludes halogenated alkanes) is 47. The van der Waals surface area contributed by atoms with Crippen LogP contribution in [-0.2, 0) is 14.3 Å². The molecule has 0 spiro atoms. The van der Waals surface area contributed by atoms with Crippen molar-refractivity contribution in [3.05, 3.63) is 48.6 Å². The van der Waals surface area contributed by atoms with E-state index in [0.29, 0.717) is 19.4 Å². The van der Waals surface area contributed by atoms with Crippen LogP contribution in [-0.4, -0.2) is 47.4 Å². The summed E-state index contributed by atoms with van der Waals surface area (Å²) in [6, 6.07) is -0.629. The minimum atomic E-state index is -0.846. The quantitative estimate of drug-likeness (QED) is 0.0320. The Kier molecular flexibility index (Phi) is 64.5. The lowest BCUT2D eigenvalue weighted by atomic mass is 10.0. The predicted octanol–water partition coefficient (Wildman–Crippen LogP) is 22.1. The first-order chi connectivity index (χ1) is 38.0. The fraction of sp³-hybridized carbons (Fsp3) is 0.859. The normalized spacial score (nSPS) is 12.8. The second-order valence-corrected chi connectivity index (χ2v) is 23.5. The highest BCUT2D eigenvalue weighted by Gasteiger charge is 2.18. The zero-order valence-corrected chi connectivity index (χ0v) is 51.7. The van der Waals surface area contributed by atoms with Crippen molar-refractivity contribution in [2.75, 3.05) is 13.2 Å². The minimum Gasteiger partial charge on any atom is -0.466 e. The highest BCUT2D eigenvalue weighted by Crippen LogP contribution is 2.18. The molecule has 3 N–H and O–H groups in total. The lowest BCUT2D eigenvalue weighted by Crippen LogP contribution is -2.45. The summed E-state index contributed by atoms with van der Waals surface area (Å²) >= 11 is 0. The van der Waals surface area contributed by atoms with Crippen molar-refractivity contribution in [3.63, 3.8) is 0 Å². The van der Waals surface area contributed by atoms with Crippen LogP contribution in [0.2, 0.25) is 0 Å². The SMILES string of the molecule is CCCCCC/C=C\C/C=C\CCCCCCCC(=O)OCCCCCCCCCCCCCC/C=C\CCCCCCCCCCCCCC(=O)NC(CO)C(O)/C=C/CCCCCCCCCCCCCCCCC. The molecule has 0 aromatic rings. The van der Waals surface area contributed by atoms with Gasteiger partial charge in [-0.05, 0) is 89.9 Å². The van der Waals surface area contributed by atoms with Crippen LogP contribution in [0.1, 0.15) is 367 Å². The number of aliphatic hydroxyl groups excluding tert-OH is 2. The van der Waals surface area contributed by atoms with Gasteiger partial charge in [-0.15, -0.1) is 0 Å². The van der Waals surface area contributed by atoms with Crippen LogP contribution in [0.15, 0.2) is 48.6 Å². The molecule has 0 saturated heterocycles. The first-order valence-electron chi connectivity index (χ1n) is 34.4. The van der Waals surface area contributed by atoms with E-state index in [4.69, 9.17) is 4.74 Å². The molecule has 0 aromatic carbocycles. The summed E-state index contributed by atoms with van der Waals surface area (Å²) in [5, 5.41) is 23.2. The number of aliphatic hydroxyl groups is 2. The molecular formula is C71H133NO5. The number of esters is 1. The third kappa shape index (κ3) is 62.9. The Hall–Kier alpha value is -2.18. The Morgan fingerprint density at radius 2 is 0.649 bits per heavy atom. The van der Waals surface area contributed by atoms with Gasteiger partial charge in [0, 0.05) is 12.8 Å². The van der Waals surface area contributed by atoms with Crippen LogP contribution in [0.3, 0.4) is 0 Å². The minimum absolute atomic E-state index is 0.00127. The van der Waals surface area contributed by atoms with Gasteiger partial charge in [-0.2, -0.15) is 0 Å². The lowest BCUT2D eigenvalue weighted by molar-refractivity contribution is -0.143. The summed E-state index contributed by atoms with van der Waals surface area (Å²) in [5.74, 6) is -0.0656. The molecule has 0 radical (unpaired) electrons. The Labute approximate surface area is 480 Å². The Morgan fingerprint density at radius 3 is 1.01 bits per heavy atom. The van der Waals surface area contributed by atoms with Crippen molar-refractivity contribution in [3.8, 4) is 0 Å². The van der Waals surface area contributed by atoms with E-state index in [0.717, 1.165) is 51.4 Å². The number of hydrogen-bond acceptors (Lipinski definition) is 5. The molecule has 452 valence electrons. The smallest absolute Gasteiger partial charge is 0.305 e. The average Bonchev–Trinajstić information content (AvgIpc) is 3.43. The van der Waals surface area contributed by atoms with E-state index in [2.05, 4.69) is 55.6 Å². The summed E-state index contributed by atoms with van der Waals surface area (Å²) in [6.07, 6.45) is 86.0. The van der Waals surface area contributed by atoms with E-state index in [9.17, 15) is 19.8 Å². The number of hydrogen-bond donors (Lipinski definition) is 3. The molecule has 2 unspecified atom stereocenters. The van der Waals surface area contributed by atoms with Crippen LogP contribution < -0.4 is 5.32 Å². The predicted molar refractivity (Wildman–Crippen MR) is 338 cm³/mol. The standard InChI is InChI=1S/C71H133NO5/c1-3-5-7-9-11-13-15-17-19-32-35-39-43-47-51-55-59-63-69(74)68(67-73)72-70(75)64-60-56-52-48-44-40-36-33-30-28-26-24-22-21-23-25-27-29-31-34-38-42-46-50-54-58-62-66-77-71(76)65-61-57-53-49-45-41-37-20-18-16-14-12-10-8-6-4-2/h14,16,20-22,37,59,63,68-69,73-74H,3-13,15,17-19,23-36,38-58,60-62,64-67H2,1-2H3,(H,72,75)/b16-14-,22-21-,37-20-,63-59+. The zero-order chi connectivity index (χ0) is 55.7. The van der Waals surface area contributed by atoms with Crippen molar-refractivity contribution >= 4 is 11.9 Å². The van der Waals surface area contributed by atoms with Gasteiger partial charge < -0.3 is 20.3 Å². The summed E-state index contributed by atoms with van der Waals surface area (Å²) in [7, 11) is 0. The molecule has 0 aliphatic rings. The van der Waals surface area contributed by atoms with Crippen molar-refractivity contribution in [1.29, 1.82) is 0 Å². The Morgan fingerprint density at radius 1 is 0.364 bits per heavy atom. The molecule has 77 heavy (non-hydrogen) atoms. The maximum Gasteiger partial charge on any atom is 0.305 e. The molecule has 1 amide bonds. The maximum absolute atomic E-state index is 12.5.